The molecule has 0 spiro atoms. The molecule has 0 fully saturated rings. The van der Waals surface area contributed by atoms with E-state index in [0.717, 1.165) is 20.6 Å². The van der Waals surface area contributed by atoms with Gasteiger partial charge in [-0.25, -0.2) is 4.79 Å². The fraction of sp³-hybridized carbons (Fsp3) is 0.188. The van der Waals surface area contributed by atoms with Crippen molar-refractivity contribution in [3.8, 4) is 0 Å². The van der Waals surface area contributed by atoms with Crippen LogP contribution in [-0.2, 0) is 0 Å². The maximum absolute atomic E-state index is 12.1. The van der Waals surface area contributed by atoms with Crippen molar-refractivity contribution in [2.24, 2.45) is 0 Å². The van der Waals surface area contributed by atoms with Crippen LogP contribution in [0.4, 0.5) is 10.5 Å². The number of benzene rings is 2. The second-order valence-electron chi connectivity index (χ2n) is 4.57. The fourth-order valence-electron chi connectivity index (χ4n) is 1.97. The zero-order valence-corrected chi connectivity index (χ0v) is 14.3. The number of carbonyl (C=O) groups excluding carboxylic acids is 1. The summed E-state index contributed by atoms with van der Waals surface area (Å²) in [6, 6.07) is 15.3. The second-order valence-corrected chi connectivity index (χ2v) is 6.31. The monoisotopic (exact) mass is 364 g/mol. The number of thioether (sulfide) groups is 1. The minimum atomic E-state index is -0.212. The molecule has 5 heteroatoms. The maximum atomic E-state index is 12.1. The van der Waals surface area contributed by atoms with Gasteiger partial charge in [-0.15, -0.1) is 11.8 Å². The number of carbonyl (C=O) groups is 1. The molecule has 0 bridgehead atoms. The van der Waals surface area contributed by atoms with E-state index in [-0.39, 0.29) is 12.1 Å². The summed E-state index contributed by atoms with van der Waals surface area (Å²) in [6.07, 6.45) is 2.01. The van der Waals surface area contributed by atoms with Crippen LogP contribution in [0.25, 0.3) is 0 Å². The molecule has 0 heterocycles. The standard InChI is InChI=1S/C16H17BrN2OS/c1-11(14-8-3-4-9-15(14)17)18-16(20)19-12-6-5-7-13(10-12)21-2/h3-11H,1-2H3,(H2,18,19,20). The fourth-order valence-corrected chi connectivity index (χ4v) is 3.06. The van der Waals surface area contributed by atoms with Gasteiger partial charge in [0.1, 0.15) is 0 Å². The predicted octanol–water partition coefficient (Wildman–Crippen LogP) is 5.05. The summed E-state index contributed by atoms with van der Waals surface area (Å²) in [7, 11) is 0. The van der Waals surface area contributed by atoms with Crippen LogP contribution in [0, 0.1) is 0 Å². The minimum Gasteiger partial charge on any atom is -0.331 e. The third-order valence-corrected chi connectivity index (χ3v) is 4.49. The second kappa shape index (κ2) is 7.52. The van der Waals surface area contributed by atoms with E-state index in [1.54, 1.807) is 11.8 Å². The van der Waals surface area contributed by atoms with Gasteiger partial charge in [0, 0.05) is 15.1 Å². The van der Waals surface area contributed by atoms with E-state index in [9.17, 15) is 4.79 Å². The third kappa shape index (κ3) is 4.51. The summed E-state index contributed by atoms with van der Waals surface area (Å²) in [4.78, 5) is 13.2. The summed E-state index contributed by atoms with van der Waals surface area (Å²) in [5.41, 5.74) is 1.84. The number of urea groups is 1. The van der Waals surface area contributed by atoms with Crippen molar-refractivity contribution in [2.75, 3.05) is 11.6 Å². The van der Waals surface area contributed by atoms with Crippen LogP contribution >= 0.6 is 27.7 Å². The molecule has 21 heavy (non-hydrogen) atoms. The molecule has 2 aromatic carbocycles. The van der Waals surface area contributed by atoms with Gasteiger partial charge in [-0.1, -0.05) is 40.2 Å². The number of nitrogens with one attached hydrogen (secondary N) is 2. The lowest BCUT2D eigenvalue weighted by Gasteiger charge is -2.16. The Kier molecular flexibility index (Phi) is 5.70. The predicted molar refractivity (Wildman–Crippen MR) is 92.9 cm³/mol. The molecule has 1 unspecified atom stereocenters. The van der Waals surface area contributed by atoms with Gasteiger partial charge in [-0.2, -0.15) is 0 Å². The zero-order chi connectivity index (χ0) is 15.2. The highest BCUT2D eigenvalue weighted by molar-refractivity contribution is 9.10. The molecule has 2 N–H and O–H groups in total. The van der Waals surface area contributed by atoms with Crippen LogP contribution < -0.4 is 10.6 Å². The number of rotatable bonds is 4. The molecule has 2 amide bonds. The summed E-state index contributed by atoms with van der Waals surface area (Å²) in [5, 5.41) is 5.79. The summed E-state index contributed by atoms with van der Waals surface area (Å²) >= 11 is 5.14. The van der Waals surface area contributed by atoms with Gasteiger partial charge in [0.2, 0.25) is 0 Å². The Hall–Kier alpha value is -1.46. The Morgan fingerprint density at radius 3 is 2.67 bits per heavy atom. The molecule has 0 saturated carbocycles. The molecule has 2 aromatic rings. The van der Waals surface area contributed by atoms with Crippen molar-refractivity contribution in [1.29, 1.82) is 0 Å². The smallest absolute Gasteiger partial charge is 0.319 e. The van der Waals surface area contributed by atoms with E-state index in [1.807, 2.05) is 61.7 Å². The largest absolute Gasteiger partial charge is 0.331 e. The van der Waals surface area contributed by atoms with E-state index >= 15 is 0 Å². The molecule has 0 aliphatic heterocycles. The highest BCUT2D eigenvalue weighted by atomic mass is 79.9. The summed E-state index contributed by atoms with van der Waals surface area (Å²) < 4.78 is 0.988. The van der Waals surface area contributed by atoms with Gasteiger partial charge >= 0.3 is 6.03 Å². The van der Waals surface area contributed by atoms with Gasteiger partial charge in [0.15, 0.2) is 0 Å². The maximum Gasteiger partial charge on any atom is 0.319 e. The molecule has 0 aliphatic carbocycles. The molecule has 0 aromatic heterocycles. The third-order valence-electron chi connectivity index (χ3n) is 3.05. The van der Waals surface area contributed by atoms with Crippen LogP contribution in [0.5, 0.6) is 0 Å². The van der Waals surface area contributed by atoms with Crippen LogP contribution in [0.1, 0.15) is 18.5 Å². The van der Waals surface area contributed by atoms with Crippen molar-refractivity contribution >= 4 is 39.4 Å². The Morgan fingerprint density at radius 2 is 1.95 bits per heavy atom. The number of halogens is 1. The summed E-state index contributed by atoms with van der Waals surface area (Å²) in [5.74, 6) is 0. The first kappa shape index (κ1) is 15.9. The molecule has 0 aliphatic rings. The summed E-state index contributed by atoms with van der Waals surface area (Å²) in [6.45, 7) is 1.96. The topological polar surface area (TPSA) is 41.1 Å². The Bertz CT molecular complexity index is 633. The average Bonchev–Trinajstić information content (AvgIpc) is 2.47. The van der Waals surface area contributed by atoms with Crippen molar-refractivity contribution < 1.29 is 4.79 Å². The molecule has 0 radical (unpaired) electrons. The van der Waals surface area contributed by atoms with Gasteiger partial charge in [-0.05, 0) is 43.0 Å². The quantitative estimate of drug-likeness (QED) is 0.744. The highest BCUT2D eigenvalue weighted by Crippen LogP contribution is 2.23. The molecular formula is C16H17BrN2OS. The minimum absolute atomic E-state index is 0.0793. The van der Waals surface area contributed by atoms with Gasteiger partial charge in [0.05, 0.1) is 6.04 Å². The zero-order valence-electron chi connectivity index (χ0n) is 11.9. The van der Waals surface area contributed by atoms with Gasteiger partial charge in [-0.3, -0.25) is 0 Å². The average molecular weight is 365 g/mol. The molecule has 0 saturated heterocycles. The van der Waals surface area contributed by atoms with Gasteiger partial charge in [0.25, 0.3) is 0 Å². The number of hydrogen-bond acceptors (Lipinski definition) is 2. The van der Waals surface area contributed by atoms with E-state index in [0.29, 0.717) is 0 Å². The van der Waals surface area contributed by atoms with Crippen molar-refractivity contribution in [3.05, 3.63) is 58.6 Å². The van der Waals surface area contributed by atoms with Crippen molar-refractivity contribution in [2.45, 2.75) is 17.9 Å². The Balaban J connectivity index is 2.00. The Labute approximate surface area is 137 Å². The Morgan fingerprint density at radius 1 is 1.19 bits per heavy atom. The molecule has 1 atom stereocenters. The lowest BCUT2D eigenvalue weighted by Crippen LogP contribution is -2.31. The lowest BCUT2D eigenvalue weighted by atomic mass is 10.1. The highest BCUT2D eigenvalue weighted by Gasteiger charge is 2.12. The van der Waals surface area contributed by atoms with E-state index in [2.05, 4.69) is 26.6 Å². The first-order chi connectivity index (χ1) is 10.1. The molecular weight excluding hydrogens is 348 g/mol. The van der Waals surface area contributed by atoms with E-state index < -0.39 is 0 Å². The lowest BCUT2D eigenvalue weighted by molar-refractivity contribution is 0.249. The first-order valence-electron chi connectivity index (χ1n) is 6.56. The van der Waals surface area contributed by atoms with Crippen molar-refractivity contribution in [3.63, 3.8) is 0 Å². The van der Waals surface area contributed by atoms with Crippen LogP contribution in [-0.4, -0.2) is 12.3 Å². The first-order valence-corrected chi connectivity index (χ1v) is 8.58. The number of anilines is 1. The molecule has 110 valence electrons. The van der Waals surface area contributed by atoms with Crippen LogP contribution in [0.15, 0.2) is 57.9 Å². The molecule has 3 nitrogen and oxygen atoms in total. The number of hydrogen-bond donors (Lipinski definition) is 2. The van der Waals surface area contributed by atoms with E-state index in [1.165, 1.54) is 0 Å². The number of amides is 2. The van der Waals surface area contributed by atoms with Gasteiger partial charge < -0.3 is 10.6 Å². The molecule has 2 rings (SSSR count). The van der Waals surface area contributed by atoms with Crippen LogP contribution in [0.2, 0.25) is 0 Å². The van der Waals surface area contributed by atoms with Crippen molar-refractivity contribution in [1.82, 2.24) is 5.32 Å². The SMILES string of the molecule is CSc1cccc(NC(=O)NC(C)c2ccccc2Br)c1. The van der Waals surface area contributed by atoms with E-state index in [4.69, 9.17) is 0 Å². The van der Waals surface area contributed by atoms with Crippen LogP contribution in [0.3, 0.4) is 0 Å². The normalized spacial score (nSPS) is 11.8.